The number of benzene rings is 1. The normalized spacial score (nSPS) is 10.4. The van der Waals surface area contributed by atoms with Gasteiger partial charge in [-0.2, -0.15) is 0 Å². The van der Waals surface area contributed by atoms with Crippen LogP contribution in [0.15, 0.2) is 36.9 Å². The first-order chi connectivity index (χ1) is 8.38. The highest BCUT2D eigenvalue weighted by molar-refractivity contribution is 5.28. The Labute approximate surface area is 104 Å². The van der Waals surface area contributed by atoms with Crippen LogP contribution in [0.5, 0.6) is 0 Å². The number of aryl methyl sites for hydroxylation is 1. The van der Waals surface area contributed by atoms with Gasteiger partial charge >= 0.3 is 0 Å². The van der Waals surface area contributed by atoms with Gasteiger partial charge in [0.25, 0.3) is 0 Å². The second-order valence-electron chi connectivity index (χ2n) is 4.05. The Kier molecular flexibility index (Phi) is 7.35. The van der Waals surface area contributed by atoms with Crippen LogP contribution in [0.4, 0.5) is 0 Å². The molecule has 1 aromatic carbocycles. The number of hydrogen-bond donors (Lipinski definition) is 1. The van der Waals surface area contributed by atoms with Gasteiger partial charge in [-0.25, -0.2) is 0 Å². The van der Waals surface area contributed by atoms with Crippen LogP contribution in [-0.2, 0) is 17.6 Å². The van der Waals surface area contributed by atoms with Gasteiger partial charge in [0.1, 0.15) is 0 Å². The van der Waals surface area contributed by atoms with Gasteiger partial charge in [0.05, 0.1) is 13.2 Å². The summed E-state index contributed by atoms with van der Waals surface area (Å²) in [4.78, 5) is 0. The SMILES string of the molecule is C=CCc1ccccc1CCCCOCCO. The molecule has 0 aliphatic rings. The minimum absolute atomic E-state index is 0.113. The average molecular weight is 234 g/mol. The predicted octanol–water partition coefficient (Wildman–Crippen LogP) is 2.75. The van der Waals surface area contributed by atoms with Crippen molar-refractivity contribution in [1.29, 1.82) is 0 Å². The Morgan fingerprint density at radius 3 is 2.59 bits per heavy atom. The molecule has 0 aliphatic heterocycles. The Morgan fingerprint density at radius 1 is 1.12 bits per heavy atom. The Hall–Kier alpha value is -1.12. The van der Waals surface area contributed by atoms with Crippen LogP contribution < -0.4 is 0 Å². The van der Waals surface area contributed by atoms with E-state index >= 15 is 0 Å². The smallest absolute Gasteiger partial charge is 0.0697 e. The summed E-state index contributed by atoms with van der Waals surface area (Å²) in [6, 6.07) is 8.52. The van der Waals surface area contributed by atoms with Crippen LogP contribution in [0.3, 0.4) is 0 Å². The molecule has 1 aromatic rings. The van der Waals surface area contributed by atoms with E-state index in [1.54, 1.807) is 0 Å². The van der Waals surface area contributed by atoms with Gasteiger partial charge in [0.2, 0.25) is 0 Å². The molecule has 0 amide bonds. The van der Waals surface area contributed by atoms with Gasteiger partial charge < -0.3 is 9.84 Å². The number of allylic oxidation sites excluding steroid dienone is 1. The second kappa shape index (κ2) is 8.97. The van der Waals surface area contributed by atoms with Crippen molar-refractivity contribution < 1.29 is 9.84 Å². The lowest BCUT2D eigenvalue weighted by atomic mass is 10.00. The van der Waals surface area contributed by atoms with E-state index in [9.17, 15) is 0 Å². The molecule has 0 radical (unpaired) electrons. The third-order valence-corrected chi connectivity index (χ3v) is 2.70. The molecule has 0 spiro atoms. The minimum atomic E-state index is 0.113. The quantitative estimate of drug-likeness (QED) is 0.526. The molecule has 0 atom stereocenters. The van der Waals surface area contributed by atoms with E-state index in [1.807, 2.05) is 6.08 Å². The highest BCUT2D eigenvalue weighted by Gasteiger charge is 1.99. The number of hydrogen-bond acceptors (Lipinski definition) is 2. The molecule has 0 aromatic heterocycles. The molecule has 0 aliphatic carbocycles. The number of rotatable bonds is 9. The summed E-state index contributed by atoms with van der Waals surface area (Å²) < 4.78 is 5.23. The van der Waals surface area contributed by atoms with E-state index in [-0.39, 0.29) is 6.61 Å². The molecule has 1 rings (SSSR count). The average Bonchev–Trinajstić information content (AvgIpc) is 2.36. The molecular formula is C15H22O2. The summed E-state index contributed by atoms with van der Waals surface area (Å²) >= 11 is 0. The first-order valence-corrected chi connectivity index (χ1v) is 6.24. The fraction of sp³-hybridized carbons (Fsp3) is 0.467. The maximum Gasteiger partial charge on any atom is 0.0697 e. The molecule has 0 saturated heterocycles. The van der Waals surface area contributed by atoms with Crippen LogP contribution in [0.1, 0.15) is 24.0 Å². The Balaban J connectivity index is 2.28. The standard InChI is InChI=1S/C15H22O2/c1-2-7-14-8-3-4-9-15(14)10-5-6-12-17-13-11-16/h2-4,8-9,16H,1,5-7,10-13H2. The van der Waals surface area contributed by atoms with Gasteiger partial charge in [-0.05, 0) is 36.8 Å². The summed E-state index contributed by atoms with van der Waals surface area (Å²) in [5.41, 5.74) is 2.79. The number of unbranched alkanes of at least 4 members (excludes halogenated alkanes) is 1. The minimum Gasteiger partial charge on any atom is -0.394 e. The third kappa shape index (κ3) is 5.66. The lowest BCUT2D eigenvalue weighted by Gasteiger charge is -2.07. The first kappa shape index (κ1) is 13.9. The van der Waals surface area contributed by atoms with Crippen LogP contribution in [-0.4, -0.2) is 24.9 Å². The molecule has 0 fully saturated rings. The van der Waals surface area contributed by atoms with Crippen LogP contribution >= 0.6 is 0 Å². The molecule has 0 unspecified atom stereocenters. The monoisotopic (exact) mass is 234 g/mol. The van der Waals surface area contributed by atoms with Gasteiger partial charge in [0, 0.05) is 6.61 Å². The number of ether oxygens (including phenoxy) is 1. The van der Waals surface area contributed by atoms with E-state index in [1.165, 1.54) is 11.1 Å². The predicted molar refractivity (Wildman–Crippen MR) is 71.2 cm³/mol. The van der Waals surface area contributed by atoms with Crippen molar-refractivity contribution in [2.75, 3.05) is 19.8 Å². The van der Waals surface area contributed by atoms with Crippen molar-refractivity contribution in [2.24, 2.45) is 0 Å². The number of aliphatic hydroxyl groups excluding tert-OH is 1. The highest BCUT2D eigenvalue weighted by atomic mass is 16.5. The summed E-state index contributed by atoms with van der Waals surface area (Å²) in [5, 5.41) is 8.56. The van der Waals surface area contributed by atoms with E-state index in [0.717, 1.165) is 32.3 Å². The number of aliphatic hydroxyl groups is 1. The van der Waals surface area contributed by atoms with Crippen molar-refractivity contribution in [3.63, 3.8) is 0 Å². The summed E-state index contributed by atoms with van der Waals surface area (Å²) in [7, 11) is 0. The second-order valence-corrected chi connectivity index (χ2v) is 4.05. The molecule has 0 saturated carbocycles. The largest absolute Gasteiger partial charge is 0.394 e. The lowest BCUT2D eigenvalue weighted by molar-refractivity contribution is 0.0899. The van der Waals surface area contributed by atoms with Gasteiger partial charge in [-0.15, -0.1) is 6.58 Å². The molecule has 0 bridgehead atoms. The van der Waals surface area contributed by atoms with Crippen molar-refractivity contribution in [2.45, 2.75) is 25.7 Å². The fourth-order valence-corrected chi connectivity index (χ4v) is 1.84. The first-order valence-electron chi connectivity index (χ1n) is 6.24. The molecule has 94 valence electrons. The maximum absolute atomic E-state index is 8.56. The molecule has 2 nitrogen and oxygen atoms in total. The molecular weight excluding hydrogens is 212 g/mol. The summed E-state index contributed by atoms with van der Waals surface area (Å²) in [6.45, 7) is 5.09. The van der Waals surface area contributed by atoms with Crippen molar-refractivity contribution >= 4 is 0 Å². The zero-order valence-corrected chi connectivity index (χ0v) is 10.4. The molecule has 1 N–H and O–H groups in total. The lowest BCUT2D eigenvalue weighted by Crippen LogP contribution is -2.01. The zero-order valence-electron chi connectivity index (χ0n) is 10.4. The topological polar surface area (TPSA) is 29.5 Å². The fourth-order valence-electron chi connectivity index (χ4n) is 1.84. The van der Waals surface area contributed by atoms with Crippen molar-refractivity contribution in [3.8, 4) is 0 Å². The molecule has 17 heavy (non-hydrogen) atoms. The zero-order chi connectivity index (χ0) is 12.3. The van der Waals surface area contributed by atoms with Gasteiger partial charge in [0.15, 0.2) is 0 Å². The van der Waals surface area contributed by atoms with Crippen molar-refractivity contribution in [1.82, 2.24) is 0 Å². The summed E-state index contributed by atoms with van der Waals surface area (Å²) in [5.74, 6) is 0. The molecule has 0 heterocycles. The van der Waals surface area contributed by atoms with Crippen LogP contribution in [0.25, 0.3) is 0 Å². The highest BCUT2D eigenvalue weighted by Crippen LogP contribution is 2.13. The maximum atomic E-state index is 8.56. The van der Waals surface area contributed by atoms with E-state index in [0.29, 0.717) is 6.61 Å². The van der Waals surface area contributed by atoms with E-state index < -0.39 is 0 Å². The van der Waals surface area contributed by atoms with Gasteiger partial charge in [-0.3, -0.25) is 0 Å². The van der Waals surface area contributed by atoms with E-state index in [4.69, 9.17) is 9.84 Å². The van der Waals surface area contributed by atoms with Crippen molar-refractivity contribution in [3.05, 3.63) is 48.0 Å². The van der Waals surface area contributed by atoms with Gasteiger partial charge in [-0.1, -0.05) is 30.3 Å². The van der Waals surface area contributed by atoms with Crippen LogP contribution in [0, 0.1) is 0 Å². The van der Waals surface area contributed by atoms with E-state index in [2.05, 4.69) is 30.8 Å². The summed E-state index contributed by atoms with van der Waals surface area (Å²) in [6.07, 6.45) is 6.15. The molecule has 2 heteroatoms. The van der Waals surface area contributed by atoms with Crippen LogP contribution in [0.2, 0.25) is 0 Å². The third-order valence-electron chi connectivity index (χ3n) is 2.70. The Bertz CT molecular complexity index is 320. The Morgan fingerprint density at radius 2 is 1.88 bits per heavy atom.